The molecule has 8 heterocycles. The zero-order valence-corrected chi connectivity index (χ0v) is 70.1. The lowest BCUT2D eigenvalue weighted by molar-refractivity contribution is -0.334. The summed E-state index contributed by atoms with van der Waals surface area (Å²) in [5.41, 5.74) is 4.32. The topological polar surface area (TPSA) is 589 Å². The van der Waals surface area contributed by atoms with Gasteiger partial charge in [0.1, 0.15) is 95.5 Å². The summed E-state index contributed by atoms with van der Waals surface area (Å²) in [6.07, 6.45) is -16.8. The number of rotatable bonds is 21. The van der Waals surface area contributed by atoms with Gasteiger partial charge in [0.2, 0.25) is 59.3 Å². The molecule has 10 amide bonds. The van der Waals surface area contributed by atoms with E-state index in [0.29, 0.717) is 11.3 Å². The van der Waals surface area contributed by atoms with Gasteiger partial charge in [-0.05, 0) is 145 Å². The zero-order valence-electron chi connectivity index (χ0n) is 67.1. The third-order valence-electron chi connectivity index (χ3n) is 21.3. The molecule has 0 radical (unpaired) electrons. The molecule has 6 aromatic carbocycles. The number of aromatic hydroxyl groups is 3. The lowest BCUT2D eigenvalue weighted by atomic mass is 9.84. The summed E-state index contributed by atoms with van der Waals surface area (Å²) in [6.45, 7) is 4.85. The number of likely N-dealkylation sites (N-methyl/N-ethyl adjacent to an activating group) is 2. The number of anilines is 1. The number of carbonyl (C=O) groups is 10. The Kier molecular flexibility index (Phi) is 29.3. The van der Waals surface area contributed by atoms with Crippen molar-refractivity contribution < 1.29 is 127 Å². The SMILES string of the molecule is CNC(=O)CONC(=O)[C@@H]1NC(=O)C2NC(=O)C(NC(=O)C3NC(=O)C(CC(N)=O)NC(=O)C(NC(=O)C(CC(C)C)NC)C(O)c4ccc(c(Cl)c4)Oc4cc3cc(c4OC3OC(CO)C(O)C(O)C3OC3C[C@@](C)(NCc4cncc(C(=O)Nc5cc(Cl)cc(Cl)c5)c4)C(O)C(C)O3)Oc3ccc(cc3Cl)C2O)c2ccc(O)c(c2)-c2c(O)cc(O)cc21. The van der Waals surface area contributed by atoms with E-state index in [1.54, 1.807) is 6.92 Å². The largest absolute Gasteiger partial charge is 0.508 e. The minimum absolute atomic E-state index is 0.0561. The van der Waals surface area contributed by atoms with Crippen molar-refractivity contribution in [3.8, 4) is 57.1 Å². The quantitative estimate of drug-likeness (QED) is 0.0460. The van der Waals surface area contributed by atoms with Crippen molar-refractivity contribution in [3.05, 3.63) is 175 Å². The highest BCUT2D eigenvalue weighted by Crippen LogP contribution is 2.50. The number of nitrogens with two attached hydrogens (primary N) is 1. The highest BCUT2D eigenvalue weighted by molar-refractivity contribution is 6.35. The predicted octanol–water partition coefficient (Wildman–Crippen LogP) is 2.60. The number of amides is 10. The van der Waals surface area contributed by atoms with Crippen LogP contribution in [0.1, 0.15) is 121 Å². The number of benzene rings is 6. The lowest BCUT2D eigenvalue weighted by Gasteiger charge is -2.48. The Morgan fingerprint density at radius 3 is 1.96 bits per heavy atom. The molecule has 7 aliphatic heterocycles. The van der Waals surface area contributed by atoms with Gasteiger partial charge in [-0.3, -0.25) is 57.8 Å². The maximum absolute atomic E-state index is 16.4. The summed E-state index contributed by atoms with van der Waals surface area (Å²) in [4.78, 5) is 155. The smallest absolute Gasteiger partial charge is 0.270 e. The number of aliphatic hydroxyl groups is 6. The van der Waals surface area contributed by atoms with Gasteiger partial charge in [-0.25, -0.2) is 5.48 Å². The van der Waals surface area contributed by atoms with Gasteiger partial charge in [-0.15, -0.1) is 0 Å². The Morgan fingerprint density at radius 2 is 1.33 bits per heavy atom. The molecule has 43 heteroatoms. The molecule has 7 aliphatic rings. The molecule has 39 nitrogen and oxygen atoms in total. The number of pyridine rings is 1. The molecule has 0 saturated carbocycles. The fourth-order valence-electron chi connectivity index (χ4n) is 14.8. The molecule has 666 valence electrons. The second-order valence-electron chi connectivity index (χ2n) is 30.8. The van der Waals surface area contributed by atoms with Crippen molar-refractivity contribution in [1.82, 2.24) is 58.3 Å². The first-order valence-corrected chi connectivity index (χ1v) is 40.4. The van der Waals surface area contributed by atoms with Gasteiger partial charge in [-0.2, -0.15) is 0 Å². The first kappa shape index (κ1) is 92.8. The number of hydrogen-bond donors (Lipinski definition) is 21. The Morgan fingerprint density at radius 1 is 0.688 bits per heavy atom. The number of aliphatic hydroxyl groups excluding tert-OH is 6. The molecule has 0 spiro atoms. The summed E-state index contributed by atoms with van der Waals surface area (Å²) >= 11 is 26.8. The number of aromatic nitrogens is 1. The van der Waals surface area contributed by atoms with Crippen LogP contribution in [0.25, 0.3) is 11.1 Å². The van der Waals surface area contributed by atoms with Crippen LogP contribution in [0.3, 0.4) is 0 Å². The van der Waals surface area contributed by atoms with E-state index in [1.807, 2.05) is 19.3 Å². The van der Waals surface area contributed by atoms with Crippen LogP contribution in [0.2, 0.25) is 20.1 Å². The van der Waals surface area contributed by atoms with Gasteiger partial charge in [0.15, 0.2) is 30.5 Å². The van der Waals surface area contributed by atoms with Crippen LogP contribution in [0, 0.1) is 5.92 Å². The normalized spacial score (nSPS) is 25.9. The number of carbonyl (C=O) groups excluding carboxylic acids is 10. The first-order chi connectivity index (χ1) is 59.3. The molecule has 11 bridgehead atoms. The zero-order chi connectivity index (χ0) is 90.5. The van der Waals surface area contributed by atoms with Crippen LogP contribution in [0.15, 0.2) is 116 Å². The number of hydroxylamine groups is 1. The summed E-state index contributed by atoms with van der Waals surface area (Å²) in [5.74, 6) is -17.3. The van der Waals surface area contributed by atoms with E-state index in [2.05, 4.69) is 58.2 Å². The Balaban J connectivity index is 1.03. The van der Waals surface area contributed by atoms with E-state index in [-0.39, 0.29) is 63.4 Å². The summed E-state index contributed by atoms with van der Waals surface area (Å²) in [5, 5.41) is 133. The standard InChI is InChI=1S/C82H89Cl4N13O26/c1-32(2)13-48(88-5)74(112)97-64-66(106)36-8-11-52(46(85)16-36)121-54-18-38-19-55(70(54)125-81-71(69(109)68(108)56(30-100)123-81)124-59-26-82(4,72(110)33(3)120-59)91-28-34-14-39(29-90-27-34)73(111)92-42-21-40(83)20-41(84)22-42)122-53-12-9-37(17-47(53)86)67(107)65-79(117)96-63(80(118)99-119-31-58(105)89-6)45-23-43(101)24-51(103)60(45)44-15-35(7-10-50(44)102)61(76(114)98-65)95-77(115)62(38)94-75(113)49(25-57(87)104)93-78(64)116/h7-12,14-24,27,29,32-33,48-49,56,59,61-69,71-72,81,88,91,100-103,106-110H,13,25-26,28,30-31H2,1-6H3,(H2,87,104)(H,89,105)(H,92,111)(H,93,116)(H,94,113)(H,95,115)(H,96,117)(H,97,112)(H,98,114)(H,99,118)/t33?,48?,49?,56?,59?,61?,62?,63-,64?,65?,66?,67?,68?,69?,71?,72?,81?,82-/m1/s1. The summed E-state index contributed by atoms with van der Waals surface area (Å²) in [7, 11) is 2.72. The molecule has 0 aliphatic carbocycles. The summed E-state index contributed by atoms with van der Waals surface area (Å²) < 4.78 is 39.5. The third kappa shape index (κ3) is 21.3. The Hall–Kier alpha value is -11.4. The predicted molar refractivity (Wildman–Crippen MR) is 441 cm³/mol. The van der Waals surface area contributed by atoms with Gasteiger partial charge >= 0.3 is 0 Å². The number of primary amides is 1. The number of halogens is 4. The van der Waals surface area contributed by atoms with E-state index in [0.717, 1.165) is 66.7 Å². The molecule has 14 rings (SSSR count). The molecule has 2 fully saturated rings. The summed E-state index contributed by atoms with van der Waals surface area (Å²) in [6, 6.07) is 5.04. The second kappa shape index (κ2) is 39.5. The fourth-order valence-corrected chi connectivity index (χ4v) is 15.8. The van der Waals surface area contributed by atoms with E-state index in [1.165, 1.54) is 69.8 Å². The van der Waals surface area contributed by atoms with Crippen LogP contribution >= 0.6 is 46.4 Å². The fraction of sp³-hybridized carbons (Fsp3) is 0.378. The van der Waals surface area contributed by atoms with Crippen molar-refractivity contribution in [2.45, 2.75) is 163 Å². The van der Waals surface area contributed by atoms with Crippen LogP contribution in [-0.4, -0.2) is 216 Å². The molecular weight excluding hydrogens is 1720 g/mol. The number of hydrogen-bond acceptors (Lipinski definition) is 29. The molecule has 2 saturated heterocycles. The van der Waals surface area contributed by atoms with Crippen molar-refractivity contribution in [2.24, 2.45) is 11.7 Å². The number of nitrogens with one attached hydrogen (secondary N) is 11. The van der Waals surface area contributed by atoms with E-state index >= 15 is 24.0 Å². The third-order valence-corrected chi connectivity index (χ3v) is 22.3. The van der Waals surface area contributed by atoms with Gasteiger partial charge in [0, 0.05) is 70.9 Å². The maximum atomic E-state index is 16.4. The van der Waals surface area contributed by atoms with Crippen LogP contribution in [-0.2, 0) is 68.7 Å². The average Bonchev–Trinajstić information content (AvgIpc) is 0.761. The van der Waals surface area contributed by atoms with Crippen LogP contribution in [0.5, 0.6) is 46.0 Å². The minimum atomic E-state index is -2.41. The highest BCUT2D eigenvalue weighted by Gasteiger charge is 2.52. The van der Waals surface area contributed by atoms with Crippen molar-refractivity contribution in [2.75, 3.05) is 32.6 Å². The van der Waals surface area contributed by atoms with E-state index < -0.39 is 260 Å². The van der Waals surface area contributed by atoms with Gasteiger partial charge < -0.3 is 133 Å². The molecule has 18 atom stereocenters. The molecule has 22 N–H and O–H groups in total. The van der Waals surface area contributed by atoms with E-state index in [4.69, 9.17) is 85.4 Å². The number of phenols is 3. The number of nitrogens with zero attached hydrogens (tertiary/aromatic N) is 1. The number of fused-ring (bicyclic) bond motifs is 15. The molecule has 1 aromatic heterocycles. The van der Waals surface area contributed by atoms with Gasteiger partial charge in [-0.1, -0.05) is 78.5 Å². The second-order valence-corrected chi connectivity index (χ2v) is 32.5. The minimum Gasteiger partial charge on any atom is -0.508 e. The average molecular weight is 1810 g/mol. The van der Waals surface area contributed by atoms with Crippen LogP contribution < -0.4 is 78.6 Å². The molecule has 125 heavy (non-hydrogen) atoms. The van der Waals surface area contributed by atoms with Crippen LogP contribution in [0.4, 0.5) is 5.69 Å². The number of phenolic OH excluding ortho intramolecular Hbond substituents is 3. The molecule has 16 unspecified atom stereocenters. The Labute approximate surface area is 731 Å². The Bertz CT molecular complexity index is 5310. The monoisotopic (exact) mass is 1810 g/mol. The number of ether oxygens (including phenoxy) is 6. The molecule has 7 aromatic rings. The van der Waals surface area contributed by atoms with E-state index in [9.17, 15) is 69.9 Å². The maximum Gasteiger partial charge on any atom is 0.270 e. The van der Waals surface area contributed by atoms with Crippen molar-refractivity contribution >= 4 is 111 Å². The van der Waals surface area contributed by atoms with Gasteiger partial charge in [0.05, 0.1) is 46.9 Å². The van der Waals surface area contributed by atoms with Crippen molar-refractivity contribution in [1.29, 1.82) is 0 Å². The van der Waals surface area contributed by atoms with Gasteiger partial charge in [0.25, 0.3) is 11.8 Å². The highest BCUT2D eigenvalue weighted by atomic mass is 35.5. The first-order valence-electron chi connectivity index (χ1n) is 38.9. The lowest BCUT2D eigenvalue weighted by Crippen LogP contribution is -2.65. The molecular formula is C82H89Cl4N13O26. The van der Waals surface area contributed by atoms with Crippen molar-refractivity contribution in [3.63, 3.8) is 0 Å².